The number of nitrogens with zero attached hydrogens (tertiary/aromatic N) is 8. The fourth-order valence-electron chi connectivity index (χ4n) is 7.39. The molecule has 2 fully saturated rings. The lowest BCUT2D eigenvalue weighted by Gasteiger charge is -2.42. The third kappa shape index (κ3) is 9.73. The van der Waals surface area contributed by atoms with Crippen LogP contribution >= 0.6 is 0 Å². The molecule has 12 nitrogen and oxygen atoms in total. The third-order valence-corrected chi connectivity index (χ3v) is 10.1. The Hall–Kier alpha value is -5.04. The Bertz CT molecular complexity index is 1920. The molecule has 54 heavy (non-hydrogen) atoms. The van der Waals surface area contributed by atoms with Crippen molar-refractivity contribution in [1.29, 1.82) is 0 Å². The molecule has 6 heterocycles. The number of rotatable bonds is 13. The van der Waals surface area contributed by atoms with Gasteiger partial charge in [-0.05, 0) is 107 Å². The largest absolute Gasteiger partial charge is 0.372 e. The zero-order chi connectivity index (χ0) is 38.0. The Kier molecular flexibility index (Phi) is 13.1. The second-order valence-corrected chi connectivity index (χ2v) is 14.5. The van der Waals surface area contributed by atoms with E-state index in [1.807, 2.05) is 68.6 Å². The number of carbonyl (C=O) groups is 1. The predicted molar refractivity (Wildman–Crippen MR) is 212 cm³/mol. The summed E-state index contributed by atoms with van der Waals surface area (Å²) in [5.41, 5.74) is 10.1. The van der Waals surface area contributed by atoms with Crippen LogP contribution in [0.1, 0.15) is 78.8 Å². The van der Waals surface area contributed by atoms with Gasteiger partial charge in [0.2, 0.25) is 12.4 Å². The van der Waals surface area contributed by atoms with E-state index in [1.165, 1.54) is 22.3 Å². The average Bonchev–Trinajstić information content (AvgIpc) is 3.60. The van der Waals surface area contributed by atoms with Crippen molar-refractivity contribution in [1.82, 2.24) is 44.8 Å². The van der Waals surface area contributed by atoms with Crippen LogP contribution in [0, 0.1) is 20.8 Å². The maximum Gasteiger partial charge on any atom is 0.227 e. The van der Waals surface area contributed by atoms with Crippen molar-refractivity contribution in [3.8, 4) is 11.3 Å². The molecule has 0 bridgehead atoms. The van der Waals surface area contributed by atoms with E-state index < -0.39 is 0 Å². The van der Waals surface area contributed by atoms with Gasteiger partial charge in [-0.15, -0.1) is 0 Å². The second-order valence-electron chi connectivity index (χ2n) is 14.5. The van der Waals surface area contributed by atoms with Crippen molar-refractivity contribution in [2.45, 2.75) is 91.3 Å². The summed E-state index contributed by atoms with van der Waals surface area (Å²) < 4.78 is 7.41. The van der Waals surface area contributed by atoms with Crippen LogP contribution in [0.2, 0.25) is 0 Å². The van der Waals surface area contributed by atoms with Gasteiger partial charge in [-0.25, -0.2) is 9.97 Å². The highest BCUT2D eigenvalue weighted by Gasteiger charge is 2.35. The number of anilines is 2. The summed E-state index contributed by atoms with van der Waals surface area (Å²) in [5.74, 6) is 0.548. The number of aryl methyl sites for hydroxylation is 3. The molecule has 0 spiro atoms. The van der Waals surface area contributed by atoms with Crippen molar-refractivity contribution in [2.24, 2.45) is 0 Å². The Labute approximate surface area is 319 Å². The monoisotopic (exact) mass is 730 g/mol. The molecule has 1 aromatic carbocycles. The molecule has 2 saturated heterocycles. The Morgan fingerprint density at radius 1 is 0.889 bits per heavy atom. The number of carbonyl (C=O) groups excluding carboxylic acids is 1. The lowest BCUT2D eigenvalue weighted by molar-refractivity contribution is -0.134. The van der Waals surface area contributed by atoms with Gasteiger partial charge >= 0.3 is 0 Å². The average molecular weight is 731 g/mol. The smallest absolute Gasteiger partial charge is 0.227 e. The van der Waals surface area contributed by atoms with E-state index in [0.717, 1.165) is 86.7 Å². The molecule has 2 N–H and O–H groups in total. The number of nitrogens with one attached hydrogen (secondary N) is 2. The molecule has 7 rings (SSSR count). The molecule has 2 unspecified atom stereocenters. The Balaban J connectivity index is 0.000000432. The number of ether oxygens (including phenoxy) is 1. The minimum Gasteiger partial charge on any atom is -0.372 e. The van der Waals surface area contributed by atoms with Gasteiger partial charge in [0, 0.05) is 56.5 Å². The second kappa shape index (κ2) is 18.3. The minimum atomic E-state index is 0.233. The quantitative estimate of drug-likeness (QED) is 0.126. The van der Waals surface area contributed by atoms with Crippen molar-refractivity contribution in [3.05, 3.63) is 113 Å². The van der Waals surface area contributed by atoms with E-state index >= 15 is 0 Å². The fourth-order valence-corrected chi connectivity index (χ4v) is 7.39. The van der Waals surface area contributed by atoms with Gasteiger partial charge in [0.05, 0.1) is 59.8 Å². The van der Waals surface area contributed by atoms with Crippen LogP contribution < -0.4 is 10.6 Å². The number of hydrogen-bond donors (Lipinski definition) is 2. The van der Waals surface area contributed by atoms with Crippen molar-refractivity contribution in [2.75, 3.05) is 32.0 Å². The number of hydrogen-bond acceptors (Lipinski definition) is 10. The first-order chi connectivity index (χ1) is 26.2. The first-order valence-corrected chi connectivity index (χ1v) is 19.0. The molecule has 4 aromatic heterocycles. The SMILES string of the molecule is CC(C)OC1CN(C=O)C1.CNCc1ccc(-c2ccnc(Nc3cnn(CCN4C(c5ncccc5C)CCCC4c4ncccc4C)c3)n2)cc1C. The molecular formula is C42H54N10O2. The van der Waals surface area contributed by atoms with Gasteiger partial charge in [-0.2, -0.15) is 5.10 Å². The van der Waals surface area contributed by atoms with Gasteiger partial charge in [0.25, 0.3) is 0 Å². The highest BCUT2D eigenvalue weighted by Crippen LogP contribution is 2.42. The molecule has 12 heteroatoms. The van der Waals surface area contributed by atoms with E-state index in [1.54, 1.807) is 11.1 Å². The van der Waals surface area contributed by atoms with Crippen molar-refractivity contribution in [3.63, 3.8) is 0 Å². The van der Waals surface area contributed by atoms with Gasteiger partial charge < -0.3 is 20.3 Å². The van der Waals surface area contributed by atoms with E-state index in [-0.39, 0.29) is 24.3 Å². The highest BCUT2D eigenvalue weighted by molar-refractivity contribution is 5.63. The molecule has 2 aliphatic rings. The highest BCUT2D eigenvalue weighted by atomic mass is 16.5. The number of likely N-dealkylation sites (tertiary alicyclic amines) is 2. The summed E-state index contributed by atoms with van der Waals surface area (Å²) in [6.07, 6.45) is 14.2. The third-order valence-electron chi connectivity index (χ3n) is 10.1. The number of piperidine rings is 1. The minimum absolute atomic E-state index is 0.233. The molecule has 284 valence electrons. The van der Waals surface area contributed by atoms with E-state index in [0.29, 0.717) is 5.95 Å². The molecule has 0 saturated carbocycles. The van der Waals surface area contributed by atoms with Crippen LogP contribution in [0.3, 0.4) is 0 Å². The van der Waals surface area contributed by atoms with E-state index in [4.69, 9.17) is 19.7 Å². The van der Waals surface area contributed by atoms with Crippen LogP contribution in [0.25, 0.3) is 11.3 Å². The normalized spacial score (nSPS) is 17.5. The molecular weight excluding hydrogens is 677 g/mol. The number of amides is 1. The standard InChI is InChI=1S/C35H41N9.C7H13NO2/c1-24-8-6-15-37-33(24)31-10-5-11-32(34-25(2)9-7-16-38-34)44(31)19-18-43-23-29(22-40-43)41-35-39-17-14-30(42-35)27-12-13-28(21-36-4)26(3)20-27;1-6(2)10-7-3-8(4-7)5-9/h6-9,12-17,20,22-23,31-32,36H,5,10-11,18-19,21H2,1-4H3,(H,39,41,42);5-7H,3-4H2,1-2H3. The maximum absolute atomic E-state index is 10.1. The van der Waals surface area contributed by atoms with Crippen molar-refractivity contribution < 1.29 is 9.53 Å². The van der Waals surface area contributed by atoms with Crippen LogP contribution in [0.5, 0.6) is 0 Å². The van der Waals surface area contributed by atoms with E-state index in [9.17, 15) is 4.79 Å². The summed E-state index contributed by atoms with van der Waals surface area (Å²) in [6, 6.07) is 17.2. The van der Waals surface area contributed by atoms with Crippen LogP contribution in [-0.2, 0) is 22.6 Å². The number of pyridine rings is 2. The first-order valence-electron chi connectivity index (χ1n) is 19.0. The molecule has 1 amide bonds. The zero-order valence-electron chi connectivity index (χ0n) is 32.4. The maximum atomic E-state index is 10.1. The van der Waals surface area contributed by atoms with Gasteiger partial charge in [-0.3, -0.25) is 24.3 Å². The Morgan fingerprint density at radius 3 is 2.20 bits per heavy atom. The summed E-state index contributed by atoms with van der Waals surface area (Å²) in [7, 11) is 1.96. The van der Waals surface area contributed by atoms with Crippen LogP contribution in [-0.4, -0.2) is 84.8 Å². The molecule has 5 aromatic rings. The van der Waals surface area contributed by atoms with Crippen molar-refractivity contribution >= 4 is 18.0 Å². The van der Waals surface area contributed by atoms with E-state index in [2.05, 4.69) is 76.7 Å². The lowest BCUT2D eigenvalue weighted by atomic mass is 9.89. The first kappa shape index (κ1) is 38.7. The molecule has 0 aliphatic carbocycles. The zero-order valence-corrected chi connectivity index (χ0v) is 32.4. The lowest BCUT2D eigenvalue weighted by Crippen LogP contribution is -2.51. The molecule has 2 aliphatic heterocycles. The summed E-state index contributed by atoms with van der Waals surface area (Å²) >= 11 is 0. The number of benzene rings is 1. The fraction of sp³-hybridized carbons (Fsp3) is 0.429. The summed E-state index contributed by atoms with van der Waals surface area (Å²) in [6.45, 7) is 14.4. The number of aromatic nitrogens is 6. The Morgan fingerprint density at radius 2 is 1.59 bits per heavy atom. The van der Waals surface area contributed by atoms with Gasteiger partial charge in [0.1, 0.15) is 0 Å². The predicted octanol–water partition coefficient (Wildman–Crippen LogP) is 6.74. The molecule has 2 atom stereocenters. The van der Waals surface area contributed by atoms with Crippen LogP contribution in [0.4, 0.5) is 11.6 Å². The van der Waals surface area contributed by atoms with Gasteiger partial charge in [-0.1, -0.05) is 24.3 Å². The van der Waals surface area contributed by atoms with Crippen LogP contribution in [0.15, 0.2) is 79.5 Å². The molecule has 0 radical (unpaired) electrons. The summed E-state index contributed by atoms with van der Waals surface area (Å²) in [4.78, 5) is 33.3. The van der Waals surface area contributed by atoms with Gasteiger partial charge in [0.15, 0.2) is 0 Å². The summed E-state index contributed by atoms with van der Waals surface area (Å²) in [5, 5.41) is 11.3. The topological polar surface area (TPSA) is 126 Å².